The molecule has 2 bridgehead atoms. The Balaban J connectivity index is 0.983. The van der Waals surface area contributed by atoms with Crippen LogP contribution in [0.4, 0.5) is 5.95 Å². The zero-order valence-corrected chi connectivity index (χ0v) is 19.6. The van der Waals surface area contributed by atoms with E-state index in [1.807, 2.05) is 0 Å². The zero-order valence-electron chi connectivity index (χ0n) is 19.6. The SMILES string of the molecule is Cc1nc(N2CCC(C(=O)NC[C@H]3C[C@H]4C=C[C@@H]3C43CC3)CC2)nc2cc3c(cc12)CCC3. The van der Waals surface area contributed by atoms with Crippen molar-refractivity contribution in [3.8, 4) is 0 Å². The molecule has 1 aromatic carbocycles. The maximum Gasteiger partial charge on any atom is 0.226 e. The van der Waals surface area contributed by atoms with Crippen molar-refractivity contribution in [1.29, 1.82) is 0 Å². The second kappa shape index (κ2) is 7.28. The molecule has 1 aliphatic heterocycles. The second-order valence-corrected chi connectivity index (χ2v) is 11.4. The van der Waals surface area contributed by atoms with Crippen molar-refractivity contribution in [3.05, 3.63) is 41.1 Å². The molecule has 3 fully saturated rings. The number of carbonyl (C=O) groups is 1. The van der Waals surface area contributed by atoms with E-state index in [9.17, 15) is 4.79 Å². The minimum atomic E-state index is 0.120. The molecule has 0 unspecified atom stereocenters. The van der Waals surface area contributed by atoms with Crippen molar-refractivity contribution in [1.82, 2.24) is 15.3 Å². The maximum absolute atomic E-state index is 12.9. The molecule has 172 valence electrons. The highest BCUT2D eigenvalue weighted by atomic mass is 16.1. The lowest BCUT2D eigenvalue weighted by Crippen LogP contribution is -2.42. The number of aromatic nitrogens is 2. The van der Waals surface area contributed by atoms with E-state index >= 15 is 0 Å². The average molecular weight is 443 g/mol. The summed E-state index contributed by atoms with van der Waals surface area (Å²) in [7, 11) is 0. The number of aryl methyl sites for hydroxylation is 3. The third-order valence-corrected chi connectivity index (χ3v) is 9.62. The molecular weight excluding hydrogens is 408 g/mol. The minimum absolute atomic E-state index is 0.120. The van der Waals surface area contributed by atoms with Gasteiger partial charge in [-0.3, -0.25) is 4.79 Å². The van der Waals surface area contributed by atoms with Crippen molar-refractivity contribution < 1.29 is 4.79 Å². The number of fused-ring (bicyclic) bond motifs is 2. The fraction of sp³-hybridized carbons (Fsp3) is 0.607. The average Bonchev–Trinajstić information content (AvgIpc) is 3.27. The molecule has 3 atom stereocenters. The highest BCUT2D eigenvalue weighted by Crippen LogP contribution is 2.69. The first-order valence-corrected chi connectivity index (χ1v) is 13.1. The Morgan fingerprint density at radius 2 is 1.91 bits per heavy atom. The molecule has 2 saturated carbocycles. The van der Waals surface area contributed by atoms with Crippen LogP contribution in [0.3, 0.4) is 0 Å². The molecular formula is C28H34N4O. The van der Waals surface area contributed by atoms with Gasteiger partial charge in [0, 0.05) is 30.9 Å². The molecule has 5 nitrogen and oxygen atoms in total. The van der Waals surface area contributed by atoms with Gasteiger partial charge < -0.3 is 10.2 Å². The molecule has 2 aromatic rings. The molecule has 0 radical (unpaired) electrons. The topological polar surface area (TPSA) is 58.1 Å². The molecule has 1 aromatic heterocycles. The molecule has 1 spiro atoms. The highest BCUT2D eigenvalue weighted by molar-refractivity contribution is 5.84. The van der Waals surface area contributed by atoms with Gasteiger partial charge in [0.15, 0.2) is 0 Å². The van der Waals surface area contributed by atoms with Crippen LogP contribution >= 0.6 is 0 Å². The first-order valence-electron chi connectivity index (χ1n) is 13.1. The Labute approximate surface area is 196 Å². The monoisotopic (exact) mass is 442 g/mol. The molecule has 5 heteroatoms. The molecule has 7 rings (SSSR count). The van der Waals surface area contributed by atoms with Gasteiger partial charge in [-0.25, -0.2) is 9.97 Å². The molecule has 5 aliphatic rings. The molecule has 1 amide bonds. The number of hydrogen-bond acceptors (Lipinski definition) is 4. The predicted octanol–water partition coefficient (Wildman–Crippen LogP) is 4.36. The number of rotatable bonds is 4. The van der Waals surface area contributed by atoms with Crippen LogP contribution in [0.1, 0.15) is 55.3 Å². The summed E-state index contributed by atoms with van der Waals surface area (Å²) in [5, 5.41) is 4.53. The number of amides is 1. The normalized spacial score (nSPS) is 29.2. The lowest BCUT2D eigenvalue weighted by Gasteiger charge is -2.32. The second-order valence-electron chi connectivity index (χ2n) is 11.4. The van der Waals surface area contributed by atoms with Gasteiger partial charge in [0.1, 0.15) is 0 Å². The molecule has 33 heavy (non-hydrogen) atoms. The number of carbonyl (C=O) groups excluding carboxylic acids is 1. The maximum atomic E-state index is 12.9. The first-order chi connectivity index (χ1) is 16.1. The lowest BCUT2D eigenvalue weighted by molar-refractivity contribution is -0.125. The van der Waals surface area contributed by atoms with E-state index in [1.165, 1.54) is 55.0 Å². The van der Waals surface area contributed by atoms with E-state index in [4.69, 9.17) is 9.97 Å². The Morgan fingerprint density at radius 1 is 1.12 bits per heavy atom. The fourth-order valence-corrected chi connectivity index (χ4v) is 7.55. The molecule has 1 saturated heterocycles. The standard InChI is InChI=1S/C28H34N4O/c1-17-23-14-19-3-2-4-20(19)15-25(23)31-27(30-17)32-11-7-18(8-12-32)26(33)29-16-21-13-22-5-6-24(21)28(22)9-10-28/h5-6,14-15,18,21-22,24H,2-4,7-13,16H2,1H3,(H,29,33)/t21-,22-,24+/m1/s1. The van der Waals surface area contributed by atoms with E-state index in [0.717, 1.165) is 61.5 Å². The van der Waals surface area contributed by atoms with Gasteiger partial charge >= 0.3 is 0 Å². The predicted molar refractivity (Wildman–Crippen MR) is 130 cm³/mol. The molecule has 2 heterocycles. The van der Waals surface area contributed by atoms with Crippen LogP contribution in [-0.2, 0) is 17.6 Å². The molecule has 4 aliphatic carbocycles. The summed E-state index contributed by atoms with van der Waals surface area (Å²) in [6.45, 7) is 4.68. The summed E-state index contributed by atoms with van der Waals surface area (Å²) in [6.07, 6.45) is 14.4. The number of benzene rings is 1. The van der Waals surface area contributed by atoms with E-state index in [1.54, 1.807) is 0 Å². The number of anilines is 1. The van der Waals surface area contributed by atoms with Crippen LogP contribution in [0.5, 0.6) is 0 Å². The largest absolute Gasteiger partial charge is 0.356 e. The lowest BCUT2D eigenvalue weighted by atomic mass is 9.88. The quantitative estimate of drug-likeness (QED) is 0.715. The summed E-state index contributed by atoms with van der Waals surface area (Å²) in [5.74, 6) is 3.38. The smallest absolute Gasteiger partial charge is 0.226 e. The van der Waals surface area contributed by atoms with E-state index < -0.39 is 0 Å². The van der Waals surface area contributed by atoms with Crippen LogP contribution in [0.25, 0.3) is 10.9 Å². The van der Waals surface area contributed by atoms with Crippen molar-refractivity contribution >= 4 is 22.8 Å². The third-order valence-electron chi connectivity index (χ3n) is 9.62. The van der Waals surface area contributed by atoms with Crippen molar-refractivity contribution in [2.24, 2.45) is 29.1 Å². The number of nitrogens with zero attached hydrogens (tertiary/aromatic N) is 3. The Hall–Kier alpha value is -2.43. The number of nitrogens with one attached hydrogen (secondary N) is 1. The Morgan fingerprint density at radius 3 is 2.67 bits per heavy atom. The fourth-order valence-electron chi connectivity index (χ4n) is 7.55. The summed E-state index contributed by atoms with van der Waals surface area (Å²) in [4.78, 5) is 25.0. The zero-order chi connectivity index (χ0) is 22.2. The van der Waals surface area contributed by atoms with Gasteiger partial charge in [-0.1, -0.05) is 12.2 Å². The van der Waals surface area contributed by atoms with Crippen molar-refractivity contribution in [2.75, 3.05) is 24.5 Å². The summed E-state index contributed by atoms with van der Waals surface area (Å²) in [5.41, 5.74) is 5.69. The number of piperidine rings is 1. The summed E-state index contributed by atoms with van der Waals surface area (Å²) >= 11 is 0. The number of hydrogen-bond donors (Lipinski definition) is 1. The third kappa shape index (κ3) is 3.14. The number of allylic oxidation sites excluding steroid dienone is 2. The van der Waals surface area contributed by atoms with Crippen LogP contribution < -0.4 is 10.2 Å². The van der Waals surface area contributed by atoms with E-state index in [0.29, 0.717) is 11.3 Å². The highest BCUT2D eigenvalue weighted by Gasteiger charge is 2.62. The van der Waals surface area contributed by atoms with Gasteiger partial charge in [-0.2, -0.15) is 0 Å². The Bertz CT molecular complexity index is 1160. The van der Waals surface area contributed by atoms with Crippen LogP contribution in [0.15, 0.2) is 24.3 Å². The van der Waals surface area contributed by atoms with Crippen LogP contribution in [-0.4, -0.2) is 35.5 Å². The van der Waals surface area contributed by atoms with Gasteiger partial charge in [0.2, 0.25) is 11.9 Å². The van der Waals surface area contributed by atoms with Gasteiger partial charge in [-0.15, -0.1) is 0 Å². The Kier molecular flexibility index (Phi) is 4.41. The van der Waals surface area contributed by atoms with Gasteiger partial charge in [-0.05, 0) is 105 Å². The van der Waals surface area contributed by atoms with Crippen LogP contribution in [0.2, 0.25) is 0 Å². The van der Waals surface area contributed by atoms with E-state index in [-0.39, 0.29) is 11.8 Å². The van der Waals surface area contributed by atoms with Crippen LogP contribution in [0, 0.1) is 36.0 Å². The van der Waals surface area contributed by atoms with Gasteiger partial charge in [0.05, 0.1) is 11.2 Å². The van der Waals surface area contributed by atoms with Crippen molar-refractivity contribution in [3.63, 3.8) is 0 Å². The minimum Gasteiger partial charge on any atom is -0.356 e. The van der Waals surface area contributed by atoms with Crippen molar-refractivity contribution in [2.45, 2.75) is 58.3 Å². The van der Waals surface area contributed by atoms with E-state index in [2.05, 4.69) is 41.4 Å². The summed E-state index contributed by atoms with van der Waals surface area (Å²) < 4.78 is 0. The summed E-state index contributed by atoms with van der Waals surface area (Å²) in [6, 6.07) is 4.59. The van der Waals surface area contributed by atoms with Gasteiger partial charge in [0.25, 0.3) is 0 Å². The first kappa shape index (κ1) is 20.0. The molecule has 1 N–H and O–H groups in total.